The molecular formula is C26H17I3. The van der Waals surface area contributed by atoms with E-state index in [2.05, 4.69) is 147 Å². The average molecular weight is 710 g/mol. The lowest BCUT2D eigenvalue weighted by atomic mass is 9.99. The normalized spacial score (nSPS) is 12.0. The summed E-state index contributed by atoms with van der Waals surface area (Å²) in [4.78, 5) is 0. The molecule has 0 nitrogen and oxygen atoms in total. The van der Waals surface area contributed by atoms with Crippen LogP contribution in [0, 0.1) is 22.6 Å². The van der Waals surface area contributed by atoms with Crippen LogP contribution in [0.4, 0.5) is 0 Å². The van der Waals surface area contributed by atoms with Crippen molar-refractivity contribution in [2.75, 3.05) is 0 Å². The molecule has 0 saturated carbocycles. The molecular weight excluding hydrogens is 693 g/mol. The van der Waals surface area contributed by atoms with Gasteiger partial charge in [0.15, 0.2) is 0 Å². The maximum Gasteiger partial charge on any atom is 0.0294 e. The molecule has 0 spiro atoms. The van der Waals surface area contributed by atoms with Crippen LogP contribution in [0.2, 0.25) is 0 Å². The van der Waals surface area contributed by atoms with E-state index >= 15 is 0 Å². The van der Waals surface area contributed by atoms with Crippen LogP contribution < -0.4 is 0 Å². The van der Waals surface area contributed by atoms with E-state index in [0.717, 1.165) is 24.0 Å². The molecule has 142 valence electrons. The van der Waals surface area contributed by atoms with Crippen LogP contribution in [0.15, 0.2) is 72.8 Å². The van der Waals surface area contributed by atoms with Gasteiger partial charge >= 0.3 is 0 Å². The van der Waals surface area contributed by atoms with Gasteiger partial charge in [0.2, 0.25) is 0 Å². The van der Waals surface area contributed by atoms with E-state index < -0.39 is 0 Å². The van der Waals surface area contributed by atoms with Crippen molar-refractivity contribution < 1.29 is 0 Å². The third-order valence-corrected chi connectivity index (χ3v) is 7.57. The van der Waals surface area contributed by atoms with E-state index in [1.807, 2.05) is 6.08 Å². The van der Waals surface area contributed by atoms with Crippen LogP contribution in [-0.4, -0.2) is 0 Å². The second-order valence-electron chi connectivity index (χ2n) is 6.93. The summed E-state index contributed by atoms with van der Waals surface area (Å²) in [5, 5.41) is 0. The van der Waals surface area contributed by atoms with Gasteiger partial charge in [0.05, 0.1) is 0 Å². The van der Waals surface area contributed by atoms with Crippen molar-refractivity contribution in [3.63, 3.8) is 0 Å². The van der Waals surface area contributed by atoms with Gasteiger partial charge in [0.1, 0.15) is 0 Å². The van der Waals surface area contributed by atoms with Gasteiger partial charge < -0.3 is 0 Å². The molecule has 4 rings (SSSR count). The first-order chi connectivity index (χ1) is 14.0. The molecule has 0 atom stereocenters. The minimum Gasteiger partial charge on any atom is -0.103 e. The zero-order valence-electron chi connectivity index (χ0n) is 15.6. The molecule has 0 fully saturated rings. The summed E-state index contributed by atoms with van der Waals surface area (Å²) in [6, 6.07) is 19.2. The molecule has 1 aliphatic rings. The maximum absolute atomic E-state index is 3.88. The maximum atomic E-state index is 3.88. The molecule has 0 saturated heterocycles. The van der Waals surface area contributed by atoms with Crippen LogP contribution >= 0.6 is 67.8 Å². The SMILES string of the molecule is C=CCC1=Cc2c(cc(I)c(-c3ccc(C#Cc4ccc(I)cc4)cc3)c2I)C1. The van der Waals surface area contributed by atoms with E-state index in [0.29, 0.717) is 0 Å². The summed E-state index contributed by atoms with van der Waals surface area (Å²) in [7, 11) is 0. The Kier molecular flexibility index (Phi) is 6.82. The first kappa shape index (κ1) is 21.1. The Hall–Kier alpha value is -1.11. The third kappa shape index (κ3) is 4.80. The second kappa shape index (κ2) is 9.36. The van der Waals surface area contributed by atoms with Crippen LogP contribution in [0.25, 0.3) is 17.2 Å². The summed E-state index contributed by atoms with van der Waals surface area (Å²) in [5.41, 5.74) is 8.89. The number of halogens is 3. The van der Waals surface area contributed by atoms with Crippen LogP contribution in [0.1, 0.15) is 28.7 Å². The third-order valence-electron chi connectivity index (χ3n) is 4.88. The number of benzene rings is 3. The first-order valence-electron chi connectivity index (χ1n) is 9.24. The lowest BCUT2D eigenvalue weighted by Gasteiger charge is -2.12. The van der Waals surface area contributed by atoms with E-state index in [4.69, 9.17) is 0 Å². The first-order valence-corrected chi connectivity index (χ1v) is 12.5. The largest absolute Gasteiger partial charge is 0.103 e. The lowest BCUT2D eigenvalue weighted by molar-refractivity contribution is 1.11. The molecule has 0 heterocycles. The van der Waals surface area contributed by atoms with Crippen molar-refractivity contribution in [3.8, 4) is 23.0 Å². The number of hydrogen-bond acceptors (Lipinski definition) is 0. The minimum absolute atomic E-state index is 0.963. The van der Waals surface area contributed by atoms with Gasteiger partial charge in [0, 0.05) is 27.4 Å². The summed E-state index contributed by atoms with van der Waals surface area (Å²) < 4.78 is 3.86. The predicted octanol–water partition coefficient (Wildman–Crippen LogP) is 8.08. The van der Waals surface area contributed by atoms with E-state index in [-0.39, 0.29) is 0 Å². The number of allylic oxidation sites excluding steroid dienone is 2. The highest BCUT2D eigenvalue weighted by Gasteiger charge is 2.20. The summed E-state index contributed by atoms with van der Waals surface area (Å²) in [6.45, 7) is 3.88. The summed E-state index contributed by atoms with van der Waals surface area (Å²) >= 11 is 7.29. The summed E-state index contributed by atoms with van der Waals surface area (Å²) in [5.74, 6) is 6.52. The smallest absolute Gasteiger partial charge is 0.0294 e. The Labute approximate surface area is 213 Å². The molecule has 29 heavy (non-hydrogen) atoms. The number of rotatable bonds is 3. The molecule has 3 aromatic carbocycles. The Balaban J connectivity index is 1.64. The van der Waals surface area contributed by atoms with Crippen molar-refractivity contribution in [2.45, 2.75) is 12.8 Å². The molecule has 1 aliphatic carbocycles. The standard InChI is InChI=1S/C26H17I3/c1-2-3-19-14-21-16-24(28)25(26(29)23(21)15-19)20-10-6-17(7-11-20)4-5-18-8-12-22(27)13-9-18/h2,6-13,15-16H,1,3,14H2. The van der Waals surface area contributed by atoms with Gasteiger partial charge in [-0.25, -0.2) is 0 Å². The highest BCUT2D eigenvalue weighted by atomic mass is 127. The molecule has 0 bridgehead atoms. The number of hydrogen-bond donors (Lipinski definition) is 0. The molecule has 0 unspecified atom stereocenters. The fourth-order valence-corrected chi connectivity index (χ4v) is 6.40. The van der Waals surface area contributed by atoms with Crippen molar-refractivity contribution in [1.29, 1.82) is 0 Å². The predicted molar refractivity (Wildman–Crippen MR) is 149 cm³/mol. The fraction of sp³-hybridized carbons (Fsp3) is 0.0769. The van der Waals surface area contributed by atoms with Gasteiger partial charge in [-0.2, -0.15) is 0 Å². The Morgan fingerprint density at radius 1 is 0.897 bits per heavy atom. The van der Waals surface area contributed by atoms with Gasteiger partial charge in [0.25, 0.3) is 0 Å². The molecule has 0 aromatic heterocycles. The van der Waals surface area contributed by atoms with Crippen LogP contribution in [0.3, 0.4) is 0 Å². The van der Waals surface area contributed by atoms with E-state index in [1.165, 1.54) is 38.5 Å². The van der Waals surface area contributed by atoms with Gasteiger partial charge in [-0.05, 0) is 140 Å². The van der Waals surface area contributed by atoms with Crippen molar-refractivity contribution in [2.24, 2.45) is 0 Å². The zero-order valence-corrected chi connectivity index (χ0v) is 22.1. The van der Waals surface area contributed by atoms with E-state index in [9.17, 15) is 0 Å². The molecule has 3 aromatic rings. The summed E-state index contributed by atoms with van der Waals surface area (Å²) in [6.07, 6.45) is 6.34. The molecule has 0 N–H and O–H groups in total. The van der Waals surface area contributed by atoms with Crippen molar-refractivity contribution in [3.05, 3.63) is 106 Å². The van der Waals surface area contributed by atoms with Gasteiger partial charge in [-0.3, -0.25) is 0 Å². The fourth-order valence-electron chi connectivity index (χ4n) is 3.46. The molecule has 0 radical (unpaired) electrons. The Morgan fingerprint density at radius 2 is 1.52 bits per heavy atom. The van der Waals surface area contributed by atoms with Crippen LogP contribution in [-0.2, 0) is 6.42 Å². The zero-order chi connectivity index (χ0) is 20.4. The van der Waals surface area contributed by atoms with Gasteiger partial charge in [-0.1, -0.05) is 41.7 Å². The monoisotopic (exact) mass is 710 g/mol. The van der Waals surface area contributed by atoms with Crippen molar-refractivity contribution >= 4 is 73.8 Å². The molecule has 0 aliphatic heterocycles. The second-order valence-corrected chi connectivity index (χ2v) is 10.4. The lowest BCUT2D eigenvalue weighted by Crippen LogP contribution is -1.95. The van der Waals surface area contributed by atoms with E-state index in [1.54, 1.807) is 0 Å². The topological polar surface area (TPSA) is 0 Å². The highest BCUT2D eigenvalue weighted by molar-refractivity contribution is 14.1. The quantitative estimate of drug-likeness (QED) is 0.147. The van der Waals surface area contributed by atoms with Gasteiger partial charge in [-0.15, -0.1) is 6.58 Å². The Morgan fingerprint density at radius 3 is 2.14 bits per heavy atom. The number of fused-ring (bicyclic) bond motifs is 1. The highest BCUT2D eigenvalue weighted by Crippen LogP contribution is 2.39. The molecule has 0 amide bonds. The van der Waals surface area contributed by atoms with Crippen molar-refractivity contribution in [1.82, 2.24) is 0 Å². The minimum atomic E-state index is 0.963. The van der Waals surface area contributed by atoms with Crippen LogP contribution in [0.5, 0.6) is 0 Å². The Bertz CT molecular complexity index is 1170. The molecule has 3 heteroatoms. The average Bonchev–Trinajstić information content (AvgIpc) is 3.11.